The molecule has 3 aliphatic rings. The van der Waals surface area contributed by atoms with Crippen LogP contribution in [-0.4, -0.2) is 54.2 Å². The lowest BCUT2D eigenvalue weighted by Gasteiger charge is -2.27. The largest absolute Gasteiger partial charge is 0.384 e. The number of nitrogens with zero attached hydrogens (tertiary/aromatic N) is 1. The molecule has 8 nitrogen and oxygen atoms in total. The number of benzene rings is 2. The predicted molar refractivity (Wildman–Crippen MR) is 127 cm³/mol. The molecule has 0 spiro atoms. The normalized spacial score (nSPS) is 20.9. The number of carbonyl (C=O) groups excluding carboxylic acids is 4. The molecule has 8 heteroatoms. The summed E-state index contributed by atoms with van der Waals surface area (Å²) in [4.78, 5) is 50.9. The van der Waals surface area contributed by atoms with E-state index in [1.165, 1.54) is 24.0 Å². The third-order valence-corrected chi connectivity index (χ3v) is 6.99. The summed E-state index contributed by atoms with van der Waals surface area (Å²) >= 11 is 0. The minimum atomic E-state index is -0.962. The summed E-state index contributed by atoms with van der Waals surface area (Å²) in [5.41, 5.74) is 3.74. The maximum atomic E-state index is 13.2. The van der Waals surface area contributed by atoms with Gasteiger partial charge in [0.15, 0.2) is 0 Å². The zero-order valence-corrected chi connectivity index (χ0v) is 18.9. The maximum Gasteiger partial charge on any atom is 0.264 e. The van der Waals surface area contributed by atoms with Gasteiger partial charge in [-0.2, -0.15) is 0 Å². The van der Waals surface area contributed by atoms with Gasteiger partial charge in [0.1, 0.15) is 6.04 Å². The van der Waals surface area contributed by atoms with E-state index in [1.807, 2.05) is 0 Å². The molecule has 0 saturated carbocycles. The molecule has 34 heavy (non-hydrogen) atoms. The molecule has 2 aromatic carbocycles. The van der Waals surface area contributed by atoms with Crippen LogP contribution in [0.15, 0.2) is 42.5 Å². The Kier molecular flexibility index (Phi) is 6.15. The Bertz CT molecular complexity index is 1140. The van der Waals surface area contributed by atoms with E-state index < -0.39 is 23.8 Å². The van der Waals surface area contributed by atoms with Crippen molar-refractivity contribution in [3.05, 3.63) is 64.7 Å². The van der Waals surface area contributed by atoms with Gasteiger partial charge >= 0.3 is 0 Å². The van der Waals surface area contributed by atoms with Crippen molar-refractivity contribution in [1.29, 1.82) is 0 Å². The molecule has 4 amide bonds. The molecule has 2 aromatic rings. The van der Waals surface area contributed by atoms with Crippen LogP contribution in [-0.2, 0) is 16.0 Å². The van der Waals surface area contributed by atoms with Gasteiger partial charge in [-0.3, -0.25) is 29.4 Å². The van der Waals surface area contributed by atoms with Crippen molar-refractivity contribution in [1.82, 2.24) is 15.5 Å². The molecule has 1 atom stereocenters. The lowest BCUT2D eigenvalue weighted by atomic mass is 9.89. The Morgan fingerprint density at radius 3 is 2.41 bits per heavy atom. The molecule has 0 aromatic heterocycles. The average Bonchev–Trinajstić information content (AvgIpc) is 3.11. The lowest BCUT2D eigenvalue weighted by molar-refractivity contribution is -0.136. The molecule has 5 rings (SSSR count). The number of amides is 4. The lowest BCUT2D eigenvalue weighted by Crippen LogP contribution is -2.54. The smallest absolute Gasteiger partial charge is 0.264 e. The minimum Gasteiger partial charge on any atom is -0.384 e. The topological polar surface area (TPSA) is 108 Å². The molecule has 0 aliphatic carbocycles. The number of hydrogen-bond acceptors (Lipinski definition) is 6. The number of hydrogen-bond donors (Lipinski definition) is 3. The van der Waals surface area contributed by atoms with Gasteiger partial charge in [0.25, 0.3) is 11.8 Å². The number of nitrogens with one attached hydrogen (secondary N) is 3. The highest BCUT2D eigenvalue weighted by molar-refractivity contribution is 6.25. The number of carbonyl (C=O) groups is 4. The van der Waals surface area contributed by atoms with E-state index in [-0.39, 0.29) is 24.3 Å². The van der Waals surface area contributed by atoms with Gasteiger partial charge in [0, 0.05) is 18.7 Å². The predicted octanol–water partition coefficient (Wildman–Crippen LogP) is 2.21. The molecule has 2 saturated heterocycles. The monoisotopic (exact) mass is 460 g/mol. The zero-order valence-electron chi connectivity index (χ0n) is 18.9. The molecular formula is C26H28N4O4. The van der Waals surface area contributed by atoms with Gasteiger partial charge in [-0.15, -0.1) is 0 Å². The second-order valence-electron chi connectivity index (χ2n) is 9.12. The van der Waals surface area contributed by atoms with Gasteiger partial charge in [-0.25, -0.2) is 0 Å². The van der Waals surface area contributed by atoms with Crippen molar-refractivity contribution < 1.29 is 19.2 Å². The van der Waals surface area contributed by atoms with Crippen molar-refractivity contribution in [2.45, 2.75) is 44.1 Å². The van der Waals surface area contributed by atoms with E-state index in [4.69, 9.17) is 0 Å². The minimum absolute atomic E-state index is 0.103. The first-order chi connectivity index (χ1) is 16.5. The van der Waals surface area contributed by atoms with E-state index in [0.29, 0.717) is 23.7 Å². The summed E-state index contributed by atoms with van der Waals surface area (Å²) in [6, 6.07) is 12.9. The molecule has 3 aliphatic heterocycles. The number of rotatable bonds is 6. The van der Waals surface area contributed by atoms with Crippen LogP contribution in [0, 0.1) is 0 Å². The van der Waals surface area contributed by atoms with Crippen molar-refractivity contribution >= 4 is 29.3 Å². The van der Waals surface area contributed by atoms with E-state index in [2.05, 4.69) is 40.2 Å². The first-order valence-corrected chi connectivity index (χ1v) is 11.9. The second kappa shape index (κ2) is 9.38. The molecule has 3 N–H and O–H groups in total. The van der Waals surface area contributed by atoms with E-state index in [0.717, 1.165) is 24.4 Å². The van der Waals surface area contributed by atoms with Crippen LogP contribution in [0.1, 0.15) is 63.4 Å². The van der Waals surface area contributed by atoms with Gasteiger partial charge < -0.3 is 10.6 Å². The van der Waals surface area contributed by atoms with Crippen molar-refractivity contribution in [3.63, 3.8) is 0 Å². The highest BCUT2D eigenvalue weighted by Crippen LogP contribution is 2.32. The van der Waals surface area contributed by atoms with E-state index in [9.17, 15) is 19.2 Å². The average molecular weight is 461 g/mol. The van der Waals surface area contributed by atoms with Crippen LogP contribution in [0.25, 0.3) is 0 Å². The SMILES string of the molecule is O=C1CCC(N2C(=O)c3cccc(NCCc4ccc(C5CCNCC5)cc4)c3C2=O)C(=O)N1. The molecule has 176 valence electrons. The second-order valence-corrected chi connectivity index (χ2v) is 9.12. The van der Waals surface area contributed by atoms with Crippen LogP contribution >= 0.6 is 0 Å². The Morgan fingerprint density at radius 1 is 0.912 bits per heavy atom. The first-order valence-electron chi connectivity index (χ1n) is 11.9. The Balaban J connectivity index is 1.25. The summed E-state index contributed by atoms with van der Waals surface area (Å²) in [5.74, 6) is -1.36. The molecule has 3 heterocycles. The number of anilines is 1. The fourth-order valence-corrected chi connectivity index (χ4v) is 5.12. The Morgan fingerprint density at radius 2 is 1.68 bits per heavy atom. The van der Waals surface area contributed by atoms with Crippen LogP contribution in [0.4, 0.5) is 5.69 Å². The van der Waals surface area contributed by atoms with Crippen LogP contribution in [0.3, 0.4) is 0 Å². The Hall–Kier alpha value is -3.52. The fraction of sp³-hybridized carbons (Fsp3) is 0.385. The first kappa shape index (κ1) is 22.3. The van der Waals surface area contributed by atoms with Gasteiger partial charge in [-0.1, -0.05) is 30.3 Å². The van der Waals surface area contributed by atoms with Gasteiger partial charge in [0.05, 0.1) is 11.1 Å². The fourth-order valence-electron chi connectivity index (χ4n) is 5.12. The molecule has 0 bridgehead atoms. The Labute approximate surface area is 198 Å². The summed E-state index contributed by atoms with van der Waals surface area (Å²) in [5, 5.41) is 8.92. The highest BCUT2D eigenvalue weighted by Gasteiger charge is 2.45. The summed E-state index contributed by atoms with van der Waals surface area (Å²) in [6.07, 6.45) is 3.36. The van der Waals surface area contributed by atoms with Crippen molar-refractivity contribution in [2.75, 3.05) is 25.0 Å². The number of piperidine rings is 2. The third-order valence-electron chi connectivity index (χ3n) is 6.99. The van der Waals surface area contributed by atoms with Crippen LogP contribution < -0.4 is 16.0 Å². The third kappa shape index (κ3) is 4.21. The standard InChI is InChI=1S/C26H28N4O4/c31-22-9-8-21(24(32)29-22)30-25(33)19-2-1-3-20(23(19)26(30)34)28-15-10-16-4-6-17(7-5-16)18-11-13-27-14-12-18/h1-7,18,21,27-28H,8-15H2,(H,29,31,32). The quantitative estimate of drug-likeness (QED) is 0.571. The maximum absolute atomic E-state index is 13.2. The van der Waals surface area contributed by atoms with Gasteiger partial charge in [-0.05, 0) is 68.0 Å². The summed E-state index contributed by atoms with van der Waals surface area (Å²) in [6.45, 7) is 2.74. The molecule has 1 unspecified atom stereocenters. The van der Waals surface area contributed by atoms with Crippen LogP contribution in [0.5, 0.6) is 0 Å². The summed E-state index contributed by atoms with van der Waals surface area (Å²) in [7, 11) is 0. The van der Waals surface area contributed by atoms with Crippen molar-refractivity contribution in [2.24, 2.45) is 0 Å². The highest BCUT2D eigenvalue weighted by atomic mass is 16.2. The van der Waals surface area contributed by atoms with E-state index >= 15 is 0 Å². The molecule has 2 fully saturated rings. The zero-order chi connectivity index (χ0) is 23.7. The van der Waals surface area contributed by atoms with Crippen molar-refractivity contribution in [3.8, 4) is 0 Å². The number of fused-ring (bicyclic) bond motifs is 1. The van der Waals surface area contributed by atoms with E-state index in [1.54, 1.807) is 18.2 Å². The summed E-state index contributed by atoms with van der Waals surface area (Å²) < 4.78 is 0. The van der Waals surface area contributed by atoms with Gasteiger partial charge in [0.2, 0.25) is 11.8 Å². The van der Waals surface area contributed by atoms with Crippen LogP contribution in [0.2, 0.25) is 0 Å². The molecular weight excluding hydrogens is 432 g/mol. The molecule has 0 radical (unpaired) electrons. The number of imide groups is 2.